The molecule has 144 valence electrons. The van der Waals surface area contributed by atoms with E-state index in [1.807, 2.05) is 30.3 Å². The highest BCUT2D eigenvalue weighted by atomic mass is 32.1. The molecule has 1 aromatic carbocycles. The van der Waals surface area contributed by atoms with Gasteiger partial charge >= 0.3 is 5.97 Å². The molecule has 0 saturated heterocycles. The lowest BCUT2D eigenvalue weighted by Crippen LogP contribution is -2.42. The van der Waals surface area contributed by atoms with Gasteiger partial charge in [-0.25, -0.2) is 4.79 Å². The second-order valence-electron chi connectivity index (χ2n) is 7.02. The van der Waals surface area contributed by atoms with Gasteiger partial charge in [0.05, 0.1) is 12.2 Å². The Kier molecular flexibility index (Phi) is 5.85. The van der Waals surface area contributed by atoms with E-state index in [4.69, 9.17) is 9.47 Å². The van der Waals surface area contributed by atoms with Crippen LogP contribution >= 0.6 is 11.3 Å². The third kappa shape index (κ3) is 4.33. The van der Waals surface area contributed by atoms with Crippen molar-refractivity contribution < 1.29 is 19.1 Å². The van der Waals surface area contributed by atoms with Gasteiger partial charge in [-0.05, 0) is 64.2 Å². The third-order valence-electron chi connectivity index (χ3n) is 4.54. The summed E-state index contributed by atoms with van der Waals surface area (Å²) < 4.78 is 11.1. The molecule has 2 aromatic rings. The van der Waals surface area contributed by atoms with Crippen molar-refractivity contribution in [2.24, 2.45) is 0 Å². The summed E-state index contributed by atoms with van der Waals surface area (Å²) in [4.78, 5) is 26.6. The second kappa shape index (κ2) is 8.13. The lowest BCUT2D eigenvalue weighted by molar-refractivity contribution is -0.128. The molecule has 1 amide bonds. The number of amides is 1. The summed E-state index contributed by atoms with van der Waals surface area (Å²) in [5.41, 5.74) is 0.458. The van der Waals surface area contributed by atoms with Crippen LogP contribution in [0.1, 0.15) is 54.4 Å². The van der Waals surface area contributed by atoms with Gasteiger partial charge in [-0.3, -0.25) is 4.79 Å². The summed E-state index contributed by atoms with van der Waals surface area (Å²) in [6.45, 7) is 5.52. The molecule has 0 spiro atoms. The molecule has 3 rings (SSSR count). The van der Waals surface area contributed by atoms with E-state index >= 15 is 0 Å². The Balaban J connectivity index is 1.84. The predicted octanol–water partition coefficient (Wildman–Crippen LogP) is 4.60. The van der Waals surface area contributed by atoms with Crippen LogP contribution in [0.15, 0.2) is 30.3 Å². The first kappa shape index (κ1) is 19.4. The van der Waals surface area contributed by atoms with Crippen molar-refractivity contribution in [1.29, 1.82) is 0 Å². The molecular weight excluding hydrogens is 362 g/mol. The molecule has 0 atom stereocenters. The van der Waals surface area contributed by atoms with Crippen LogP contribution in [0.2, 0.25) is 0 Å². The topological polar surface area (TPSA) is 64.6 Å². The van der Waals surface area contributed by atoms with Gasteiger partial charge in [0.15, 0.2) is 5.60 Å². The number of benzene rings is 1. The summed E-state index contributed by atoms with van der Waals surface area (Å²) >= 11 is 1.48. The van der Waals surface area contributed by atoms with Crippen LogP contribution < -0.4 is 10.1 Å². The number of carbonyl (C=O) groups excluding carboxylic acids is 2. The van der Waals surface area contributed by atoms with Gasteiger partial charge in [-0.15, -0.1) is 11.3 Å². The second-order valence-corrected chi connectivity index (χ2v) is 8.12. The van der Waals surface area contributed by atoms with Crippen molar-refractivity contribution in [2.75, 3.05) is 11.9 Å². The fourth-order valence-corrected chi connectivity index (χ4v) is 4.43. The van der Waals surface area contributed by atoms with Gasteiger partial charge in [0, 0.05) is 4.88 Å². The van der Waals surface area contributed by atoms with Crippen LogP contribution in [0.3, 0.4) is 0 Å². The Bertz CT molecular complexity index is 826. The molecule has 27 heavy (non-hydrogen) atoms. The standard InChI is InChI=1S/C21H25NO4S/c1-4-25-19(23)17-15-12-8-9-13-16(15)27-18(17)22-20(24)21(2,3)26-14-10-6-5-7-11-14/h5-7,10-11H,4,8-9,12-13H2,1-3H3,(H,22,24). The summed E-state index contributed by atoms with van der Waals surface area (Å²) in [6, 6.07) is 9.22. The normalized spacial score (nSPS) is 13.6. The average molecular weight is 388 g/mol. The zero-order chi connectivity index (χ0) is 19.4. The maximum atomic E-state index is 12.9. The summed E-state index contributed by atoms with van der Waals surface area (Å²) in [6.07, 6.45) is 3.93. The lowest BCUT2D eigenvalue weighted by Gasteiger charge is -2.25. The van der Waals surface area contributed by atoms with E-state index in [-0.39, 0.29) is 11.9 Å². The predicted molar refractivity (Wildman–Crippen MR) is 107 cm³/mol. The van der Waals surface area contributed by atoms with Crippen molar-refractivity contribution in [3.63, 3.8) is 0 Å². The van der Waals surface area contributed by atoms with Gasteiger partial charge in [0.25, 0.3) is 5.91 Å². The first-order chi connectivity index (χ1) is 12.9. The van der Waals surface area contributed by atoms with E-state index in [2.05, 4.69) is 5.32 Å². The number of carbonyl (C=O) groups is 2. The number of para-hydroxylation sites is 1. The SMILES string of the molecule is CCOC(=O)c1c(NC(=O)C(C)(C)Oc2ccccc2)sc2c1CCCC2. The van der Waals surface area contributed by atoms with Gasteiger partial charge in [0.1, 0.15) is 10.8 Å². The van der Waals surface area contributed by atoms with Crippen molar-refractivity contribution >= 4 is 28.2 Å². The summed E-state index contributed by atoms with van der Waals surface area (Å²) in [7, 11) is 0. The Morgan fingerprint density at radius 3 is 2.56 bits per heavy atom. The number of ether oxygens (including phenoxy) is 2. The van der Waals surface area contributed by atoms with E-state index in [0.29, 0.717) is 22.9 Å². The zero-order valence-corrected chi connectivity index (χ0v) is 16.8. The van der Waals surface area contributed by atoms with Crippen molar-refractivity contribution in [1.82, 2.24) is 0 Å². The number of fused-ring (bicyclic) bond motifs is 1. The monoisotopic (exact) mass is 387 g/mol. The van der Waals surface area contributed by atoms with Crippen LogP contribution in [-0.4, -0.2) is 24.1 Å². The minimum absolute atomic E-state index is 0.296. The Labute approximate surface area is 163 Å². The quantitative estimate of drug-likeness (QED) is 0.736. The van der Waals surface area contributed by atoms with E-state index in [1.54, 1.807) is 20.8 Å². The molecule has 0 bridgehead atoms. The highest BCUT2D eigenvalue weighted by Crippen LogP contribution is 2.39. The smallest absolute Gasteiger partial charge is 0.341 e. The molecule has 1 aliphatic rings. The molecule has 1 aromatic heterocycles. The zero-order valence-electron chi connectivity index (χ0n) is 16.0. The molecule has 5 nitrogen and oxygen atoms in total. The van der Waals surface area contributed by atoms with Gasteiger partial charge in [-0.1, -0.05) is 18.2 Å². The highest BCUT2D eigenvalue weighted by molar-refractivity contribution is 7.17. The Hall–Kier alpha value is -2.34. The van der Waals surface area contributed by atoms with Crippen LogP contribution in [-0.2, 0) is 22.4 Å². The van der Waals surface area contributed by atoms with Gasteiger partial charge in [0.2, 0.25) is 0 Å². The third-order valence-corrected chi connectivity index (χ3v) is 5.75. The van der Waals surface area contributed by atoms with E-state index in [1.165, 1.54) is 16.2 Å². The maximum Gasteiger partial charge on any atom is 0.341 e. The van der Waals surface area contributed by atoms with Gasteiger partial charge < -0.3 is 14.8 Å². The maximum absolute atomic E-state index is 12.9. The van der Waals surface area contributed by atoms with Crippen LogP contribution in [0.5, 0.6) is 5.75 Å². The first-order valence-corrected chi connectivity index (χ1v) is 10.1. The van der Waals surface area contributed by atoms with Crippen LogP contribution in [0.4, 0.5) is 5.00 Å². The first-order valence-electron chi connectivity index (χ1n) is 9.29. The minimum Gasteiger partial charge on any atom is -0.478 e. The largest absolute Gasteiger partial charge is 0.478 e. The fourth-order valence-electron chi connectivity index (χ4n) is 3.16. The molecule has 6 heteroatoms. The number of aryl methyl sites for hydroxylation is 1. The summed E-state index contributed by atoms with van der Waals surface area (Å²) in [5, 5.41) is 3.49. The van der Waals surface area contributed by atoms with E-state index < -0.39 is 5.60 Å². The molecular formula is C21H25NO4S. The molecule has 0 radical (unpaired) electrons. The molecule has 1 heterocycles. The van der Waals surface area contributed by atoms with Gasteiger partial charge in [-0.2, -0.15) is 0 Å². The van der Waals surface area contributed by atoms with Crippen molar-refractivity contribution in [3.05, 3.63) is 46.3 Å². The Morgan fingerprint density at radius 2 is 1.85 bits per heavy atom. The highest BCUT2D eigenvalue weighted by Gasteiger charge is 2.33. The number of rotatable bonds is 6. The fraction of sp³-hybridized carbons (Fsp3) is 0.429. The number of anilines is 1. The molecule has 0 saturated carbocycles. The van der Waals surface area contributed by atoms with E-state index in [0.717, 1.165) is 31.2 Å². The molecule has 0 aliphatic heterocycles. The molecule has 1 aliphatic carbocycles. The minimum atomic E-state index is -1.09. The van der Waals surface area contributed by atoms with Crippen molar-refractivity contribution in [3.8, 4) is 5.75 Å². The number of esters is 1. The number of hydrogen-bond donors (Lipinski definition) is 1. The number of hydrogen-bond acceptors (Lipinski definition) is 5. The Morgan fingerprint density at radius 1 is 1.15 bits per heavy atom. The number of nitrogens with one attached hydrogen (secondary N) is 1. The number of thiophene rings is 1. The average Bonchev–Trinajstić information content (AvgIpc) is 3.00. The summed E-state index contributed by atoms with van der Waals surface area (Å²) in [5.74, 6) is -0.0433. The van der Waals surface area contributed by atoms with Crippen LogP contribution in [0.25, 0.3) is 0 Å². The lowest BCUT2D eigenvalue weighted by atomic mass is 9.95. The van der Waals surface area contributed by atoms with Crippen molar-refractivity contribution in [2.45, 2.75) is 52.1 Å². The molecule has 0 unspecified atom stereocenters. The molecule has 1 N–H and O–H groups in total. The van der Waals surface area contributed by atoms with E-state index in [9.17, 15) is 9.59 Å². The molecule has 0 fully saturated rings. The van der Waals surface area contributed by atoms with Crippen LogP contribution in [0, 0.1) is 0 Å².